The van der Waals surface area contributed by atoms with E-state index in [0.717, 1.165) is 36.1 Å². The first-order valence-corrected chi connectivity index (χ1v) is 10.0. The molecule has 4 rings (SSSR count). The van der Waals surface area contributed by atoms with Crippen LogP contribution in [0.5, 0.6) is 5.75 Å². The van der Waals surface area contributed by atoms with Crippen molar-refractivity contribution in [2.24, 2.45) is 0 Å². The van der Waals surface area contributed by atoms with E-state index in [-0.39, 0.29) is 5.88 Å². The zero-order valence-corrected chi connectivity index (χ0v) is 15.3. The molecule has 1 saturated heterocycles. The van der Waals surface area contributed by atoms with Crippen LogP contribution in [0.1, 0.15) is 17.5 Å². The van der Waals surface area contributed by atoms with Gasteiger partial charge in [-0.2, -0.15) is 0 Å². The van der Waals surface area contributed by atoms with Gasteiger partial charge >= 0.3 is 0 Å². The lowest BCUT2D eigenvalue weighted by Gasteiger charge is -2.31. The van der Waals surface area contributed by atoms with Gasteiger partial charge in [0.05, 0.1) is 11.4 Å². The van der Waals surface area contributed by atoms with Crippen LogP contribution in [-0.4, -0.2) is 31.3 Å². The quantitative estimate of drug-likeness (QED) is 0.600. The molecule has 1 atom stereocenters. The molecule has 136 valence electrons. The minimum Gasteiger partial charge on any atom is -0.771 e. The average Bonchev–Trinajstić information content (AvgIpc) is 3.01. The molecule has 6 heteroatoms. The van der Waals surface area contributed by atoms with Gasteiger partial charge < -0.3 is 13.9 Å². The topological polar surface area (TPSA) is 57.5 Å². The SMILES string of the molecule is O=S([O-])Cn1ccc2c(CN3CCC3)ccc(OCc3ccccc3)c21. The number of benzene rings is 2. The van der Waals surface area contributed by atoms with Gasteiger partial charge in [0.15, 0.2) is 0 Å². The van der Waals surface area contributed by atoms with Gasteiger partial charge in [0, 0.05) is 18.1 Å². The molecule has 2 heterocycles. The van der Waals surface area contributed by atoms with Crippen LogP contribution in [0.25, 0.3) is 10.9 Å². The summed E-state index contributed by atoms with van der Waals surface area (Å²) >= 11 is -2.16. The Balaban J connectivity index is 1.67. The van der Waals surface area contributed by atoms with Gasteiger partial charge in [0.25, 0.3) is 0 Å². The molecule has 2 aromatic carbocycles. The Labute approximate surface area is 155 Å². The maximum Gasteiger partial charge on any atom is 0.144 e. The molecule has 26 heavy (non-hydrogen) atoms. The number of aromatic nitrogens is 1. The molecular weight excluding hydrogens is 348 g/mol. The summed E-state index contributed by atoms with van der Waals surface area (Å²) in [4.78, 5) is 2.39. The Morgan fingerprint density at radius 3 is 2.58 bits per heavy atom. The van der Waals surface area contributed by atoms with Crippen LogP contribution in [0.3, 0.4) is 0 Å². The Morgan fingerprint density at radius 1 is 1.08 bits per heavy atom. The second kappa shape index (κ2) is 7.61. The third kappa shape index (κ3) is 3.67. The summed E-state index contributed by atoms with van der Waals surface area (Å²) < 4.78 is 30.3. The lowest BCUT2D eigenvalue weighted by Crippen LogP contribution is -2.36. The van der Waals surface area contributed by atoms with E-state index < -0.39 is 11.1 Å². The van der Waals surface area contributed by atoms with Crippen LogP contribution in [-0.2, 0) is 30.1 Å². The molecule has 1 aliphatic rings. The molecule has 3 aromatic rings. The van der Waals surface area contributed by atoms with E-state index in [9.17, 15) is 8.76 Å². The summed E-state index contributed by atoms with van der Waals surface area (Å²) in [5.41, 5.74) is 3.14. The van der Waals surface area contributed by atoms with E-state index in [0.29, 0.717) is 12.4 Å². The molecule has 0 N–H and O–H groups in total. The molecule has 1 fully saturated rings. The largest absolute Gasteiger partial charge is 0.771 e. The molecular formula is C20H21N2O3S-. The van der Waals surface area contributed by atoms with Gasteiger partial charge in [0.2, 0.25) is 0 Å². The third-order valence-corrected chi connectivity index (χ3v) is 5.29. The number of fused-ring (bicyclic) bond motifs is 1. The number of ether oxygens (including phenoxy) is 1. The maximum absolute atomic E-state index is 11.2. The Kier molecular flexibility index (Phi) is 5.06. The number of rotatable bonds is 7. The summed E-state index contributed by atoms with van der Waals surface area (Å²) in [5, 5.41) is 1.06. The van der Waals surface area contributed by atoms with Crippen molar-refractivity contribution < 1.29 is 13.5 Å². The number of hydrogen-bond acceptors (Lipinski definition) is 4. The fourth-order valence-corrected chi connectivity index (χ4v) is 3.78. The van der Waals surface area contributed by atoms with Crippen molar-refractivity contribution in [2.45, 2.75) is 25.4 Å². The fraction of sp³-hybridized carbons (Fsp3) is 0.300. The molecule has 1 aliphatic heterocycles. The highest BCUT2D eigenvalue weighted by atomic mass is 32.2. The smallest absolute Gasteiger partial charge is 0.144 e. The van der Waals surface area contributed by atoms with E-state index in [1.54, 1.807) is 4.57 Å². The monoisotopic (exact) mass is 369 g/mol. The normalized spacial score (nSPS) is 15.7. The highest BCUT2D eigenvalue weighted by Crippen LogP contribution is 2.32. The van der Waals surface area contributed by atoms with Crippen molar-refractivity contribution in [2.75, 3.05) is 13.1 Å². The highest BCUT2D eigenvalue weighted by Gasteiger charge is 2.18. The Bertz CT molecular complexity index is 919. The first-order valence-electron chi connectivity index (χ1n) is 8.76. The molecule has 1 unspecified atom stereocenters. The molecule has 5 nitrogen and oxygen atoms in total. The van der Waals surface area contributed by atoms with Crippen LogP contribution >= 0.6 is 0 Å². The van der Waals surface area contributed by atoms with E-state index >= 15 is 0 Å². The van der Waals surface area contributed by atoms with Crippen molar-refractivity contribution in [1.29, 1.82) is 0 Å². The lowest BCUT2D eigenvalue weighted by atomic mass is 10.1. The van der Waals surface area contributed by atoms with Gasteiger partial charge in [-0.05, 0) is 53.9 Å². The highest BCUT2D eigenvalue weighted by molar-refractivity contribution is 7.78. The molecule has 0 saturated carbocycles. The Hall–Kier alpha value is -2.15. The van der Waals surface area contributed by atoms with Crippen molar-refractivity contribution in [3.05, 3.63) is 65.9 Å². The van der Waals surface area contributed by atoms with Crippen molar-refractivity contribution >= 4 is 22.0 Å². The number of hydrogen-bond donors (Lipinski definition) is 0. The zero-order chi connectivity index (χ0) is 17.9. The standard InChI is InChI=1S/C20H22N2O3S/c23-26(24)15-22-12-9-18-17(13-21-10-4-11-21)7-8-19(20(18)22)25-14-16-5-2-1-3-6-16/h1-3,5-9,12H,4,10-11,13-15H2,(H,23,24)/p-1. The summed E-state index contributed by atoms with van der Waals surface area (Å²) in [5.74, 6) is 0.643. The minimum atomic E-state index is -2.16. The molecule has 0 aliphatic carbocycles. The maximum atomic E-state index is 11.2. The van der Waals surface area contributed by atoms with Gasteiger partial charge in [-0.25, -0.2) is 0 Å². The van der Waals surface area contributed by atoms with E-state index in [1.807, 2.05) is 48.7 Å². The third-order valence-electron chi connectivity index (χ3n) is 4.80. The second-order valence-corrected chi connectivity index (χ2v) is 7.47. The molecule has 0 bridgehead atoms. The van der Waals surface area contributed by atoms with Crippen LogP contribution in [0, 0.1) is 0 Å². The minimum absolute atomic E-state index is 0.0711. The van der Waals surface area contributed by atoms with Gasteiger partial charge in [0.1, 0.15) is 12.4 Å². The molecule has 1 aromatic heterocycles. The zero-order valence-electron chi connectivity index (χ0n) is 14.5. The van der Waals surface area contributed by atoms with Gasteiger partial charge in [-0.3, -0.25) is 9.11 Å². The molecule has 0 amide bonds. The predicted octanol–water partition coefficient (Wildman–Crippen LogP) is 3.26. The van der Waals surface area contributed by atoms with E-state index in [1.165, 1.54) is 12.0 Å². The van der Waals surface area contributed by atoms with Crippen molar-refractivity contribution in [3.63, 3.8) is 0 Å². The van der Waals surface area contributed by atoms with Crippen molar-refractivity contribution in [3.8, 4) is 5.75 Å². The van der Waals surface area contributed by atoms with E-state index in [2.05, 4.69) is 11.0 Å². The number of likely N-dealkylation sites (tertiary alicyclic amines) is 1. The van der Waals surface area contributed by atoms with Crippen molar-refractivity contribution in [1.82, 2.24) is 9.47 Å². The fourth-order valence-electron chi connectivity index (χ4n) is 3.34. The molecule has 0 spiro atoms. The first kappa shape index (κ1) is 17.3. The van der Waals surface area contributed by atoms with Gasteiger partial charge in [-0.1, -0.05) is 36.4 Å². The summed E-state index contributed by atoms with van der Waals surface area (Å²) in [7, 11) is 0. The average molecular weight is 369 g/mol. The van der Waals surface area contributed by atoms with Crippen LogP contribution in [0.4, 0.5) is 0 Å². The summed E-state index contributed by atoms with van der Waals surface area (Å²) in [6.45, 7) is 3.59. The second-order valence-electron chi connectivity index (χ2n) is 6.61. The van der Waals surface area contributed by atoms with E-state index in [4.69, 9.17) is 4.74 Å². The van der Waals surface area contributed by atoms with Gasteiger partial charge in [-0.15, -0.1) is 0 Å². The summed E-state index contributed by atoms with van der Waals surface area (Å²) in [6, 6.07) is 16.0. The molecule has 0 radical (unpaired) electrons. The number of nitrogens with zero attached hydrogens (tertiary/aromatic N) is 2. The lowest BCUT2D eigenvalue weighted by molar-refractivity contribution is 0.173. The van der Waals surface area contributed by atoms with Crippen LogP contribution < -0.4 is 4.74 Å². The predicted molar refractivity (Wildman–Crippen MR) is 102 cm³/mol. The van der Waals surface area contributed by atoms with Crippen LogP contribution in [0.2, 0.25) is 0 Å². The Morgan fingerprint density at radius 2 is 1.88 bits per heavy atom. The summed E-state index contributed by atoms with van der Waals surface area (Å²) in [6.07, 6.45) is 3.08. The van der Waals surface area contributed by atoms with Crippen LogP contribution in [0.15, 0.2) is 54.7 Å². The first-order chi connectivity index (χ1) is 12.7.